The minimum Gasteiger partial charge on any atom is -0.317 e. The van der Waals surface area contributed by atoms with E-state index in [1.807, 2.05) is 0 Å². The molecule has 0 aliphatic heterocycles. The predicted octanol–water partition coefficient (Wildman–Crippen LogP) is 5.54. The largest absolute Gasteiger partial charge is 0.317 e. The second-order valence-electron chi connectivity index (χ2n) is 7.35. The van der Waals surface area contributed by atoms with Gasteiger partial charge in [0, 0.05) is 12.0 Å². The number of benzene rings is 3. The Labute approximate surface area is 170 Å². The Morgan fingerprint density at radius 3 is 1.64 bits per heavy atom. The van der Waals surface area contributed by atoms with E-state index >= 15 is 0 Å². The maximum Gasteiger partial charge on any atom is 0.0291 e. The van der Waals surface area contributed by atoms with Gasteiger partial charge < -0.3 is 10.6 Å². The second-order valence-corrected chi connectivity index (χ2v) is 7.35. The molecule has 0 spiro atoms. The van der Waals surface area contributed by atoms with Crippen LogP contribution in [0.2, 0.25) is 0 Å². The van der Waals surface area contributed by atoms with E-state index in [1.165, 1.54) is 16.7 Å². The Balaban J connectivity index is 1.39. The first-order valence-corrected chi connectivity index (χ1v) is 10.4. The first-order chi connectivity index (χ1) is 13.8. The van der Waals surface area contributed by atoms with E-state index in [-0.39, 0.29) is 0 Å². The third-order valence-electron chi connectivity index (χ3n) is 5.29. The number of rotatable bonds is 11. The molecule has 1 atom stereocenters. The molecule has 0 saturated heterocycles. The smallest absolute Gasteiger partial charge is 0.0291 e. The molecule has 0 heterocycles. The zero-order valence-corrected chi connectivity index (χ0v) is 16.9. The molecular weight excluding hydrogens is 340 g/mol. The fourth-order valence-corrected chi connectivity index (χ4v) is 3.66. The van der Waals surface area contributed by atoms with E-state index in [0.29, 0.717) is 12.0 Å². The summed E-state index contributed by atoms with van der Waals surface area (Å²) >= 11 is 0. The summed E-state index contributed by atoms with van der Waals surface area (Å²) < 4.78 is 0. The van der Waals surface area contributed by atoms with Crippen LogP contribution in [0.15, 0.2) is 91.0 Å². The number of nitrogens with one attached hydrogen (secondary N) is 2. The van der Waals surface area contributed by atoms with Crippen molar-refractivity contribution in [3.05, 3.63) is 108 Å². The molecule has 2 nitrogen and oxygen atoms in total. The van der Waals surface area contributed by atoms with Gasteiger partial charge in [-0.3, -0.25) is 0 Å². The molecule has 0 aromatic heterocycles. The Hall–Kier alpha value is -2.42. The molecule has 3 aromatic rings. The highest BCUT2D eigenvalue weighted by molar-refractivity contribution is 5.32. The minimum atomic E-state index is 0.404. The van der Waals surface area contributed by atoms with Gasteiger partial charge in [0.05, 0.1) is 0 Å². The molecule has 2 heteroatoms. The van der Waals surface area contributed by atoms with Crippen molar-refractivity contribution in [1.82, 2.24) is 10.6 Å². The fourth-order valence-electron chi connectivity index (χ4n) is 3.66. The predicted molar refractivity (Wildman–Crippen MR) is 120 cm³/mol. The van der Waals surface area contributed by atoms with Gasteiger partial charge in [-0.25, -0.2) is 0 Å². The quantitative estimate of drug-likeness (QED) is 0.432. The normalized spacial score (nSPS) is 12.2. The summed E-state index contributed by atoms with van der Waals surface area (Å²) in [6.07, 6.45) is 2.25. The van der Waals surface area contributed by atoms with Gasteiger partial charge in [0.15, 0.2) is 0 Å². The molecule has 146 valence electrons. The molecule has 2 N–H and O–H groups in total. The molecule has 0 amide bonds. The topological polar surface area (TPSA) is 24.1 Å². The van der Waals surface area contributed by atoms with Crippen LogP contribution in [0.25, 0.3) is 0 Å². The van der Waals surface area contributed by atoms with Crippen LogP contribution in [0.1, 0.15) is 48.4 Å². The average molecular weight is 373 g/mol. The van der Waals surface area contributed by atoms with Crippen molar-refractivity contribution in [2.45, 2.75) is 31.7 Å². The lowest BCUT2D eigenvalue weighted by Crippen LogP contribution is -2.25. The zero-order chi connectivity index (χ0) is 19.4. The van der Waals surface area contributed by atoms with Crippen molar-refractivity contribution in [1.29, 1.82) is 0 Å². The van der Waals surface area contributed by atoms with Crippen molar-refractivity contribution < 1.29 is 0 Å². The van der Waals surface area contributed by atoms with E-state index in [2.05, 4.69) is 109 Å². The third kappa shape index (κ3) is 6.33. The molecule has 0 radical (unpaired) electrons. The molecule has 0 unspecified atom stereocenters. The lowest BCUT2D eigenvalue weighted by atomic mass is 9.88. The van der Waals surface area contributed by atoms with E-state index in [4.69, 9.17) is 0 Å². The summed E-state index contributed by atoms with van der Waals surface area (Å²) in [7, 11) is 0. The van der Waals surface area contributed by atoms with Crippen LogP contribution in [-0.2, 0) is 0 Å². The van der Waals surface area contributed by atoms with Crippen LogP contribution >= 0.6 is 0 Å². The molecule has 3 rings (SSSR count). The van der Waals surface area contributed by atoms with E-state index in [1.54, 1.807) is 0 Å². The van der Waals surface area contributed by atoms with Crippen molar-refractivity contribution in [3.63, 3.8) is 0 Å². The van der Waals surface area contributed by atoms with Gasteiger partial charge in [0.1, 0.15) is 0 Å². The van der Waals surface area contributed by atoms with E-state index < -0.39 is 0 Å². The van der Waals surface area contributed by atoms with Gasteiger partial charge in [0.2, 0.25) is 0 Å². The molecule has 0 fully saturated rings. The first kappa shape index (κ1) is 20.3. The molecule has 0 bridgehead atoms. The summed E-state index contributed by atoms with van der Waals surface area (Å²) in [5, 5.41) is 7.24. The highest BCUT2D eigenvalue weighted by atomic mass is 14.9. The maximum absolute atomic E-state index is 3.63. The summed E-state index contributed by atoms with van der Waals surface area (Å²) in [6, 6.07) is 32.7. The maximum atomic E-state index is 3.63. The molecule has 3 aromatic carbocycles. The second kappa shape index (κ2) is 11.4. The van der Waals surface area contributed by atoms with Gasteiger partial charge in [0.25, 0.3) is 0 Å². The lowest BCUT2D eigenvalue weighted by molar-refractivity contribution is 0.530. The fraction of sp³-hybridized carbons (Fsp3) is 0.308. The highest BCUT2D eigenvalue weighted by Crippen LogP contribution is 2.27. The van der Waals surface area contributed by atoms with Gasteiger partial charge in [-0.2, -0.15) is 0 Å². The molecule has 0 aliphatic carbocycles. The molecule has 28 heavy (non-hydrogen) atoms. The Kier molecular flexibility index (Phi) is 8.29. The van der Waals surface area contributed by atoms with Crippen LogP contribution in [0.3, 0.4) is 0 Å². The van der Waals surface area contributed by atoms with Crippen molar-refractivity contribution in [2.24, 2.45) is 0 Å². The standard InChI is InChI=1S/C26H32N2/c1-22(23-12-5-2-6-13-23)28-20-11-19-27-21-18-26(24-14-7-3-8-15-24)25-16-9-4-10-17-25/h2-10,12-17,22,26-28H,11,18-21H2,1H3/t22-/m1/s1. The minimum absolute atomic E-state index is 0.404. The lowest BCUT2D eigenvalue weighted by Gasteiger charge is -2.19. The van der Waals surface area contributed by atoms with Crippen molar-refractivity contribution in [3.8, 4) is 0 Å². The van der Waals surface area contributed by atoms with Crippen LogP contribution in [0.4, 0.5) is 0 Å². The molecular formula is C26H32N2. The van der Waals surface area contributed by atoms with Gasteiger partial charge in [-0.15, -0.1) is 0 Å². The number of hydrogen-bond acceptors (Lipinski definition) is 2. The van der Waals surface area contributed by atoms with Crippen molar-refractivity contribution >= 4 is 0 Å². The van der Waals surface area contributed by atoms with Gasteiger partial charge in [-0.1, -0.05) is 91.0 Å². The average Bonchev–Trinajstić information content (AvgIpc) is 2.77. The van der Waals surface area contributed by atoms with Gasteiger partial charge in [-0.05, 0) is 56.1 Å². The van der Waals surface area contributed by atoms with Crippen molar-refractivity contribution in [2.75, 3.05) is 19.6 Å². The molecule has 0 saturated carbocycles. The summed E-state index contributed by atoms with van der Waals surface area (Å²) in [4.78, 5) is 0. The third-order valence-corrected chi connectivity index (χ3v) is 5.29. The number of hydrogen-bond donors (Lipinski definition) is 2. The highest BCUT2D eigenvalue weighted by Gasteiger charge is 2.13. The van der Waals surface area contributed by atoms with E-state index in [9.17, 15) is 0 Å². The van der Waals surface area contributed by atoms with Gasteiger partial charge >= 0.3 is 0 Å². The Bertz CT molecular complexity index is 732. The first-order valence-electron chi connectivity index (χ1n) is 10.4. The van der Waals surface area contributed by atoms with Crippen LogP contribution in [-0.4, -0.2) is 19.6 Å². The summed E-state index contributed by atoms with van der Waals surface area (Å²) in [5.41, 5.74) is 4.15. The van der Waals surface area contributed by atoms with Crippen LogP contribution < -0.4 is 10.6 Å². The zero-order valence-electron chi connectivity index (χ0n) is 16.9. The SMILES string of the molecule is C[C@@H](NCCCNCCC(c1ccccc1)c1ccccc1)c1ccccc1. The summed E-state index contributed by atoms with van der Waals surface area (Å²) in [6.45, 7) is 5.34. The molecule has 0 aliphatic rings. The van der Waals surface area contributed by atoms with Crippen LogP contribution in [0, 0.1) is 0 Å². The monoisotopic (exact) mass is 372 g/mol. The van der Waals surface area contributed by atoms with E-state index in [0.717, 1.165) is 32.5 Å². The Morgan fingerprint density at radius 2 is 1.11 bits per heavy atom. The summed E-state index contributed by atoms with van der Waals surface area (Å²) in [5.74, 6) is 0.450. The Morgan fingerprint density at radius 1 is 0.607 bits per heavy atom. The van der Waals surface area contributed by atoms with Crippen LogP contribution in [0.5, 0.6) is 0 Å².